The summed E-state index contributed by atoms with van der Waals surface area (Å²) in [5.74, 6) is 1.99. The van der Waals surface area contributed by atoms with Gasteiger partial charge in [0.05, 0.1) is 26.5 Å². The van der Waals surface area contributed by atoms with Crippen LogP contribution in [-0.4, -0.2) is 33.4 Å². The van der Waals surface area contributed by atoms with Gasteiger partial charge in [-0.3, -0.25) is 0 Å². The molecule has 2 rings (SSSR count). The summed E-state index contributed by atoms with van der Waals surface area (Å²) in [6.07, 6.45) is 0. The maximum Gasteiger partial charge on any atom is 0.319 e. The second kappa shape index (κ2) is 8.88. The summed E-state index contributed by atoms with van der Waals surface area (Å²) in [5, 5.41) is 5.89. The number of hydrogen-bond acceptors (Lipinski definition) is 4. The van der Waals surface area contributed by atoms with Gasteiger partial charge in [0.2, 0.25) is 0 Å². The molecule has 0 aliphatic carbocycles. The largest absolute Gasteiger partial charge is 0.497 e. The lowest BCUT2D eigenvalue weighted by Gasteiger charge is -2.12. The van der Waals surface area contributed by atoms with Gasteiger partial charge >= 0.3 is 6.03 Å². The monoisotopic (exact) mass is 350 g/mol. The Balaban J connectivity index is 1.76. The number of carbonyl (C=O) groups excluding carboxylic acids is 1. The van der Waals surface area contributed by atoms with Crippen LogP contribution in [0.3, 0.4) is 0 Å². The highest BCUT2D eigenvalue weighted by Crippen LogP contribution is 2.27. The fourth-order valence-corrected chi connectivity index (χ4v) is 2.12. The van der Waals surface area contributed by atoms with Crippen LogP contribution in [0, 0.1) is 0 Å². The molecule has 0 radical (unpaired) electrons. The molecule has 0 saturated carbocycles. The second-order valence-electron chi connectivity index (χ2n) is 4.75. The molecule has 0 aromatic heterocycles. The van der Waals surface area contributed by atoms with Crippen molar-refractivity contribution in [3.05, 3.63) is 47.5 Å². The van der Waals surface area contributed by atoms with Gasteiger partial charge in [0, 0.05) is 5.02 Å². The zero-order valence-corrected chi connectivity index (χ0v) is 14.2. The Morgan fingerprint density at radius 3 is 2.42 bits per heavy atom. The van der Waals surface area contributed by atoms with Crippen molar-refractivity contribution in [2.24, 2.45) is 0 Å². The minimum Gasteiger partial charge on any atom is -0.497 e. The van der Waals surface area contributed by atoms with Crippen LogP contribution in [0.4, 0.5) is 10.5 Å². The molecule has 2 N–H and O–H groups in total. The van der Waals surface area contributed by atoms with Crippen molar-refractivity contribution in [3.8, 4) is 17.2 Å². The third kappa shape index (κ3) is 5.24. The molecular weight excluding hydrogens is 332 g/mol. The minimum absolute atomic E-state index is 0.340. The Kier molecular flexibility index (Phi) is 6.57. The number of amides is 2. The number of carbonyl (C=O) groups is 1. The summed E-state index contributed by atoms with van der Waals surface area (Å²) in [6.45, 7) is 0.688. The third-order valence-electron chi connectivity index (χ3n) is 3.13. The fraction of sp³-hybridized carbons (Fsp3) is 0.235. The smallest absolute Gasteiger partial charge is 0.319 e. The number of ether oxygens (including phenoxy) is 3. The number of methoxy groups -OCH3 is 2. The van der Waals surface area contributed by atoms with Crippen LogP contribution >= 0.6 is 11.6 Å². The summed E-state index contributed by atoms with van der Waals surface area (Å²) >= 11 is 5.92. The number of urea groups is 1. The number of nitrogens with one attached hydrogen (secondary N) is 2. The van der Waals surface area contributed by atoms with E-state index in [1.807, 2.05) is 0 Å². The molecular formula is C17H19ClN2O4. The molecule has 6 nitrogen and oxygen atoms in total. The summed E-state index contributed by atoms with van der Waals surface area (Å²) in [4.78, 5) is 11.9. The van der Waals surface area contributed by atoms with E-state index in [9.17, 15) is 4.79 Å². The summed E-state index contributed by atoms with van der Waals surface area (Å²) in [7, 11) is 3.13. The number of halogens is 1. The van der Waals surface area contributed by atoms with E-state index < -0.39 is 0 Å². The Labute approximate surface area is 145 Å². The maximum absolute atomic E-state index is 11.9. The molecule has 0 atom stereocenters. The van der Waals surface area contributed by atoms with Gasteiger partial charge in [0.15, 0.2) is 0 Å². The fourth-order valence-electron chi connectivity index (χ4n) is 1.95. The van der Waals surface area contributed by atoms with Gasteiger partial charge < -0.3 is 24.8 Å². The van der Waals surface area contributed by atoms with Gasteiger partial charge in [0.25, 0.3) is 0 Å². The van der Waals surface area contributed by atoms with Crippen molar-refractivity contribution >= 4 is 23.3 Å². The van der Waals surface area contributed by atoms with Crippen molar-refractivity contribution in [3.63, 3.8) is 0 Å². The van der Waals surface area contributed by atoms with E-state index >= 15 is 0 Å². The number of rotatable bonds is 7. The molecule has 2 aromatic rings. The predicted molar refractivity (Wildman–Crippen MR) is 93.5 cm³/mol. The van der Waals surface area contributed by atoms with Crippen LogP contribution in [0.25, 0.3) is 0 Å². The van der Waals surface area contributed by atoms with Crippen molar-refractivity contribution in [2.75, 3.05) is 32.7 Å². The van der Waals surface area contributed by atoms with Crippen LogP contribution in [0.2, 0.25) is 5.02 Å². The first-order valence-electron chi connectivity index (χ1n) is 7.27. The summed E-state index contributed by atoms with van der Waals surface area (Å²) in [6, 6.07) is 11.8. The van der Waals surface area contributed by atoms with Gasteiger partial charge in [-0.15, -0.1) is 0 Å². The Bertz CT molecular complexity index is 677. The number of hydrogen-bond donors (Lipinski definition) is 2. The SMILES string of the molecule is COc1ccc(OCCNC(=O)Nc2cc(Cl)ccc2OC)cc1. The van der Waals surface area contributed by atoms with Crippen LogP contribution < -0.4 is 24.8 Å². The lowest BCUT2D eigenvalue weighted by molar-refractivity contribution is 0.247. The van der Waals surface area contributed by atoms with Gasteiger partial charge in [-0.05, 0) is 42.5 Å². The maximum atomic E-state index is 11.9. The topological polar surface area (TPSA) is 68.8 Å². The predicted octanol–water partition coefficient (Wildman–Crippen LogP) is 3.56. The Morgan fingerprint density at radius 1 is 1.04 bits per heavy atom. The zero-order valence-electron chi connectivity index (χ0n) is 13.5. The highest BCUT2D eigenvalue weighted by atomic mass is 35.5. The summed E-state index contributed by atoms with van der Waals surface area (Å²) < 4.78 is 15.8. The van der Waals surface area contributed by atoms with Gasteiger partial charge in [0.1, 0.15) is 23.9 Å². The molecule has 2 aromatic carbocycles. The van der Waals surface area contributed by atoms with E-state index in [0.29, 0.717) is 35.4 Å². The highest BCUT2D eigenvalue weighted by Gasteiger charge is 2.07. The normalized spacial score (nSPS) is 9.96. The van der Waals surface area contributed by atoms with Crippen LogP contribution in [0.15, 0.2) is 42.5 Å². The molecule has 0 unspecified atom stereocenters. The molecule has 0 heterocycles. The lowest BCUT2D eigenvalue weighted by Crippen LogP contribution is -2.32. The van der Waals surface area contributed by atoms with Crippen LogP contribution in [0.1, 0.15) is 0 Å². The van der Waals surface area contributed by atoms with E-state index in [1.165, 1.54) is 7.11 Å². The summed E-state index contributed by atoms with van der Waals surface area (Å²) in [5.41, 5.74) is 0.499. The molecule has 2 amide bonds. The van der Waals surface area contributed by atoms with Crippen molar-refractivity contribution in [1.82, 2.24) is 5.32 Å². The van der Waals surface area contributed by atoms with Gasteiger partial charge in [-0.2, -0.15) is 0 Å². The van der Waals surface area contributed by atoms with Crippen molar-refractivity contribution in [2.45, 2.75) is 0 Å². The minimum atomic E-state index is -0.367. The first-order chi connectivity index (χ1) is 11.6. The Hall–Kier alpha value is -2.60. The van der Waals surface area contributed by atoms with E-state index in [1.54, 1.807) is 49.6 Å². The average Bonchev–Trinajstić information content (AvgIpc) is 2.59. The van der Waals surface area contributed by atoms with Gasteiger partial charge in [-0.25, -0.2) is 4.79 Å². The van der Waals surface area contributed by atoms with E-state index in [4.69, 9.17) is 25.8 Å². The quantitative estimate of drug-likeness (QED) is 0.749. The number of benzene rings is 2. The highest BCUT2D eigenvalue weighted by molar-refractivity contribution is 6.31. The van der Waals surface area contributed by atoms with E-state index in [-0.39, 0.29) is 6.03 Å². The zero-order chi connectivity index (χ0) is 17.4. The molecule has 7 heteroatoms. The lowest BCUT2D eigenvalue weighted by atomic mass is 10.3. The third-order valence-corrected chi connectivity index (χ3v) is 3.36. The molecule has 0 fully saturated rings. The Morgan fingerprint density at radius 2 is 1.75 bits per heavy atom. The average molecular weight is 351 g/mol. The number of anilines is 1. The van der Waals surface area contributed by atoms with Crippen LogP contribution in [0.5, 0.6) is 17.2 Å². The van der Waals surface area contributed by atoms with E-state index in [0.717, 1.165) is 5.75 Å². The van der Waals surface area contributed by atoms with Crippen LogP contribution in [-0.2, 0) is 0 Å². The standard InChI is InChI=1S/C17H19ClN2O4/c1-22-13-4-6-14(7-5-13)24-10-9-19-17(21)20-15-11-12(18)3-8-16(15)23-2/h3-8,11H,9-10H2,1-2H3,(H2,19,20,21). The molecule has 0 aliphatic rings. The molecule has 0 bridgehead atoms. The second-order valence-corrected chi connectivity index (χ2v) is 5.19. The molecule has 0 aliphatic heterocycles. The molecule has 24 heavy (non-hydrogen) atoms. The van der Waals surface area contributed by atoms with Crippen molar-refractivity contribution in [1.29, 1.82) is 0 Å². The van der Waals surface area contributed by atoms with E-state index in [2.05, 4.69) is 10.6 Å². The van der Waals surface area contributed by atoms with Gasteiger partial charge in [-0.1, -0.05) is 11.6 Å². The molecule has 128 valence electrons. The first-order valence-corrected chi connectivity index (χ1v) is 7.65. The van der Waals surface area contributed by atoms with Crippen molar-refractivity contribution < 1.29 is 19.0 Å². The molecule has 0 saturated heterocycles. The first kappa shape index (κ1) is 17.7. The molecule has 0 spiro atoms.